The number of aromatic amines is 1. The second kappa shape index (κ2) is 8.75. The number of H-pyrrole nitrogens is 1. The molecule has 0 saturated carbocycles. The third-order valence-corrected chi connectivity index (χ3v) is 6.97. The molecule has 0 spiro atoms. The number of hydrogen-bond acceptors (Lipinski definition) is 6. The molecule has 0 aliphatic carbocycles. The summed E-state index contributed by atoms with van der Waals surface area (Å²) in [6, 6.07) is 4.51. The van der Waals surface area contributed by atoms with E-state index in [1.807, 2.05) is 25.6 Å². The molecule has 9 nitrogen and oxygen atoms in total. The second-order valence-corrected chi connectivity index (χ2v) is 9.51. The summed E-state index contributed by atoms with van der Waals surface area (Å²) in [5.41, 5.74) is 2.27. The monoisotopic (exact) mass is 467 g/mol. The predicted molar refractivity (Wildman–Crippen MR) is 125 cm³/mol. The van der Waals surface area contributed by atoms with E-state index < -0.39 is 5.82 Å². The van der Waals surface area contributed by atoms with Crippen molar-refractivity contribution in [3.05, 3.63) is 74.0 Å². The molecule has 2 aromatic heterocycles. The minimum Gasteiger partial charge on any atom is -0.329 e. The van der Waals surface area contributed by atoms with Crippen molar-refractivity contribution in [1.82, 2.24) is 34.8 Å². The van der Waals surface area contributed by atoms with E-state index in [1.165, 1.54) is 6.07 Å². The van der Waals surface area contributed by atoms with Crippen LogP contribution in [0.5, 0.6) is 0 Å². The first-order valence-corrected chi connectivity index (χ1v) is 11.2. The van der Waals surface area contributed by atoms with Crippen molar-refractivity contribution in [2.75, 3.05) is 20.6 Å². The van der Waals surface area contributed by atoms with Crippen molar-refractivity contribution < 1.29 is 9.18 Å². The maximum Gasteiger partial charge on any atom is 0.267 e. The van der Waals surface area contributed by atoms with Crippen LogP contribution in [0.3, 0.4) is 0 Å². The van der Waals surface area contributed by atoms with E-state index in [0.717, 1.165) is 17.0 Å². The minimum atomic E-state index is -0.572. The van der Waals surface area contributed by atoms with Crippen LogP contribution in [-0.2, 0) is 25.0 Å². The maximum atomic E-state index is 14.7. The first kappa shape index (κ1) is 23.7. The normalized spacial score (nSPS) is 13.9. The summed E-state index contributed by atoms with van der Waals surface area (Å²) in [5, 5.41) is 15.3. The fourth-order valence-corrected chi connectivity index (χ4v) is 4.04. The molecule has 1 aliphatic rings. The predicted octanol–water partition coefficient (Wildman–Crippen LogP) is 2.16. The summed E-state index contributed by atoms with van der Waals surface area (Å²) < 4.78 is 16.8. The van der Waals surface area contributed by atoms with Gasteiger partial charge >= 0.3 is 0 Å². The van der Waals surface area contributed by atoms with E-state index in [0.29, 0.717) is 36.6 Å². The number of aromatic nitrogens is 5. The summed E-state index contributed by atoms with van der Waals surface area (Å²) in [4.78, 5) is 28.7. The molecule has 3 heterocycles. The third-order valence-electron chi connectivity index (χ3n) is 6.97. The van der Waals surface area contributed by atoms with Crippen LogP contribution in [0, 0.1) is 19.7 Å². The highest BCUT2D eigenvalue weighted by Crippen LogP contribution is 2.27. The van der Waals surface area contributed by atoms with Gasteiger partial charge in [0.2, 0.25) is 0 Å². The van der Waals surface area contributed by atoms with Crippen molar-refractivity contribution in [1.29, 1.82) is 0 Å². The number of rotatable bonds is 5. The summed E-state index contributed by atoms with van der Waals surface area (Å²) in [6.07, 6.45) is 0.376. The van der Waals surface area contributed by atoms with Gasteiger partial charge in [0.25, 0.3) is 11.5 Å². The number of carbonyl (C=O) groups excluding carboxylic acids is 1. The smallest absolute Gasteiger partial charge is 0.267 e. The lowest BCUT2D eigenvalue weighted by atomic mass is 10.0. The molecule has 0 atom stereocenters. The highest BCUT2D eigenvalue weighted by atomic mass is 19.1. The number of nitrogens with zero attached hydrogens (tertiary/aromatic N) is 6. The van der Waals surface area contributed by atoms with Gasteiger partial charge in [-0.15, -0.1) is 10.2 Å². The van der Waals surface area contributed by atoms with Crippen molar-refractivity contribution in [2.45, 2.75) is 52.7 Å². The first-order chi connectivity index (χ1) is 16.0. The Kier molecular flexibility index (Phi) is 6.11. The quantitative estimate of drug-likeness (QED) is 0.617. The van der Waals surface area contributed by atoms with Crippen LogP contribution in [0.25, 0.3) is 0 Å². The topological polar surface area (TPSA) is 100 Å². The van der Waals surface area contributed by atoms with Crippen LogP contribution >= 0.6 is 0 Å². The van der Waals surface area contributed by atoms with Crippen LogP contribution in [0.2, 0.25) is 0 Å². The highest BCUT2D eigenvalue weighted by molar-refractivity contribution is 5.94. The number of benzene rings is 1. The molecule has 0 unspecified atom stereocenters. The van der Waals surface area contributed by atoms with Gasteiger partial charge in [0.1, 0.15) is 5.82 Å². The van der Waals surface area contributed by atoms with Crippen LogP contribution in [0.15, 0.2) is 23.0 Å². The zero-order valence-electron chi connectivity index (χ0n) is 20.4. The molecule has 10 heteroatoms. The van der Waals surface area contributed by atoms with Crippen LogP contribution in [0.1, 0.15) is 58.2 Å². The van der Waals surface area contributed by atoms with Gasteiger partial charge in [-0.3, -0.25) is 14.5 Å². The molecule has 0 bridgehead atoms. The van der Waals surface area contributed by atoms with Gasteiger partial charge in [-0.1, -0.05) is 6.07 Å². The van der Waals surface area contributed by atoms with E-state index in [1.54, 1.807) is 24.0 Å². The molecule has 0 fully saturated rings. The third kappa shape index (κ3) is 4.13. The van der Waals surface area contributed by atoms with Crippen molar-refractivity contribution in [3.8, 4) is 0 Å². The molecule has 1 amide bonds. The van der Waals surface area contributed by atoms with Gasteiger partial charge in [0.15, 0.2) is 11.6 Å². The van der Waals surface area contributed by atoms with Gasteiger partial charge in [0, 0.05) is 25.1 Å². The van der Waals surface area contributed by atoms with Crippen LogP contribution < -0.4 is 5.56 Å². The molecule has 1 N–H and O–H groups in total. The Hall–Kier alpha value is -3.40. The Balaban J connectivity index is 1.57. The Morgan fingerprint density at radius 3 is 2.62 bits per heavy atom. The fourth-order valence-electron chi connectivity index (χ4n) is 4.04. The maximum absolute atomic E-state index is 14.7. The van der Waals surface area contributed by atoms with Gasteiger partial charge in [-0.05, 0) is 65.0 Å². The molecular weight excluding hydrogens is 437 g/mol. The molecule has 34 heavy (non-hydrogen) atoms. The van der Waals surface area contributed by atoms with Gasteiger partial charge in [0.05, 0.1) is 23.3 Å². The Bertz CT molecular complexity index is 1310. The van der Waals surface area contributed by atoms with Gasteiger partial charge in [-0.25, -0.2) is 9.49 Å². The molecule has 3 aromatic rings. The average Bonchev–Trinajstić information content (AvgIpc) is 3.24. The Morgan fingerprint density at radius 1 is 1.18 bits per heavy atom. The van der Waals surface area contributed by atoms with E-state index in [9.17, 15) is 14.0 Å². The number of carbonyl (C=O) groups is 1. The zero-order chi connectivity index (χ0) is 24.8. The average molecular weight is 468 g/mol. The lowest BCUT2D eigenvalue weighted by Crippen LogP contribution is -2.42. The SMILES string of the molecule is Cc1c(Cc2ccc(F)c(C(=O)N3CCn4c(nnc4C(C)(C)N(C)C)C3)c2)n[nH]c(=O)c1C. The van der Waals surface area contributed by atoms with Crippen molar-refractivity contribution in [2.24, 2.45) is 0 Å². The molecule has 0 radical (unpaired) electrons. The largest absolute Gasteiger partial charge is 0.329 e. The molecule has 0 saturated heterocycles. The number of fused-ring (bicyclic) bond motifs is 1. The standard InChI is InChI=1S/C24H30FN7O2/c1-14-15(2)21(33)28-26-19(14)12-16-7-8-18(25)17(11-16)22(34)31-9-10-32-20(13-31)27-29-23(32)24(3,4)30(5)6/h7-8,11H,9-10,12-13H2,1-6H3,(H,28,33). The zero-order valence-corrected chi connectivity index (χ0v) is 20.4. The second-order valence-electron chi connectivity index (χ2n) is 9.51. The van der Waals surface area contributed by atoms with Crippen LogP contribution in [-0.4, -0.2) is 61.3 Å². The van der Waals surface area contributed by atoms with Crippen molar-refractivity contribution >= 4 is 5.91 Å². The lowest BCUT2D eigenvalue weighted by molar-refractivity contribution is 0.0697. The Morgan fingerprint density at radius 2 is 1.91 bits per heavy atom. The summed E-state index contributed by atoms with van der Waals surface area (Å²) >= 11 is 0. The van der Waals surface area contributed by atoms with E-state index in [4.69, 9.17) is 0 Å². The molecule has 1 aliphatic heterocycles. The Labute approximate surface area is 197 Å². The summed E-state index contributed by atoms with van der Waals surface area (Å²) in [6.45, 7) is 8.95. The van der Waals surface area contributed by atoms with Crippen LogP contribution in [0.4, 0.5) is 4.39 Å². The first-order valence-electron chi connectivity index (χ1n) is 11.2. The molecular formula is C24H30FN7O2. The van der Waals surface area contributed by atoms with E-state index in [-0.39, 0.29) is 29.1 Å². The lowest BCUT2D eigenvalue weighted by Gasteiger charge is -2.34. The number of nitrogens with one attached hydrogen (secondary N) is 1. The van der Waals surface area contributed by atoms with Gasteiger partial charge in [-0.2, -0.15) is 5.10 Å². The highest BCUT2D eigenvalue weighted by Gasteiger charge is 2.34. The van der Waals surface area contributed by atoms with Crippen molar-refractivity contribution in [3.63, 3.8) is 0 Å². The molecule has 4 rings (SSSR count). The number of amides is 1. The minimum absolute atomic E-state index is 0.0121. The molecule has 180 valence electrons. The molecule has 1 aromatic carbocycles. The van der Waals surface area contributed by atoms with E-state index in [2.05, 4.69) is 39.1 Å². The summed E-state index contributed by atoms with van der Waals surface area (Å²) in [5.74, 6) is 0.568. The summed E-state index contributed by atoms with van der Waals surface area (Å²) in [7, 11) is 3.98. The van der Waals surface area contributed by atoms with Gasteiger partial charge < -0.3 is 9.47 Å². The number of halogens is 1. The van der Waals surface area contributed by atoms with E-state index >= 15 is 0 Å². The fraction of sp³-hybridized carbons (Fsp3) is 0.458. The number of hydrogen-bond donors (Lipinski definition) is 1.